The van der Waals surface area contributed by atoms with Crippen LogP contribution in [-0.4, -0.2) is 4.98 Å². The number of nitrogens with zero attached hydrogens (tertiary/aromatic N) is 1. The number of pyridine rings is 1. The van der Waals surface area contributed by atoms with Crippen LogP contribution < -0.4 is 0 Å². The normalized spacial score (nSPS) is 10.9. The fraction of sp³-hybridized carbons (Fsp3) is 0.0714. The standard InChI is InChI=1S/C14H12ClN/c1-11-2-4-12(5-3-11)6-7-13-8-9-16-10-14(13)15/h2-10H,1H3. The van der Waals surface area contributed by atoms with Gasteiger partial charge in [0, 0.05) is 12.4 Å². The Morgan fingerprint density at radius 1 is 1.06 bits per heavy atom. The van der Waals surface area contributed by atoms with Crippen molar-refractivity contribution in [2.75, 3.05) is 0 Å². The Kier molecular flexibility index (Phi) is 3.37. The van der Waals surface area contributed by atoms with Gasteiger partial charge >= 0.3 is 0 Å². The van der Waals surface area contributed by atoms with E-state index in [1.54, 1.807) is 12.4 Å². The van der Waals surface area contributed by atoms with E-state index in [0.29, 0.717) is 5.02 Å². The quantitative estimate of drug-likeness (QED) is 0.752. The molecule has 0 spiro atoms. The van der Waals surface area contributed by atoms with Crippen LogP contribution in [0.15, 0.2) is 42.7 Å². The first-order valence-electron chi connectivity index (χ1n) is 5.10. The molecule has 0 fully saturated rings. The van der Waals surface area contributed by atoms with Gasteiger partial charge in [0.1, 0.15) is 0 Å². The summed E-state index contributed by atoms with van der Waals surface area (Å²) in [6.07, 6.45) is 7.42. The summed E-state index contributed by atoms with van der Waals surface area (Å²) in [7, 11) is 0. The third-order valence-electron chi connectivity index (χ3n) is 2.34. The highest BCUT2D eigenvalue weighted by Gasteiger charge is 1.94. The van der Waals surface area contributed by atoms with Crippen LogP contribution in [-0.2, 0) is 0 Å². The Labute approximate surface area is 100 Å². The molecule has 2 aromatic rings. The van der Waals surface area contributed by atoms with E-state index in [-0.39, 0.29) is 0 Å². The van der Waals surface area contributed by atoms with Gasteiger partial charge in [0.15, 0.2) is 0 Å². The van der Waals surface area contributed by atoms with Crippen LogP contribution in [0.5, 0.6) is 0 Å². The summed E-state index contributed by atoms with van der Waals surface area (Å²) in [5.74, 6) is 0. The van der Waals surface area contributed by atoms with E-state index in [1.807, 2.05) is 18.2 Å². The molecule has 0 atom stereocenters. The van der Waals surface area contributed by atoms with E-state index in [0.717, 1.165) is 5.56 Å². The molecule has 1 nitrogen and oxygen atoms in total. The van der Waals surface area contributed by atoms with Crippen molar-refractivity contribution < 1.29 is 0 Å². The Balaban J connectivity index is 2.21. The zero-order valence-corrected chi connectivity index (χ0v) is 9.78. The van der Waals surface area contributed by atoms with Gasteiger partial charge in [-0.15, -0.1) is 0 Å². The molecule has 80 valence electrons. The minimum absolute atomic E-state index is 0.672. The fourth-order valence-corrected chi connectivity index (χ4v) is 1.57. The number of hydrogen-bond acceptors (Lipinski definition) is 1. The van der Waals surface area contributed by atoms with Crippen molar-refractivity contribution >= 4 is 23.8 Å². The molecule has 1 aromatic carbocycles. The average Bonchev–Trinajstić information content (AvgIpc) is 2.30. The summed E-state index contributed by atoms with van der Waals surface area (Å²) in [6, 6.07) is 10.2. The molecule has 0 saturated heterocycles. The van der Waals surface area contributed by atoms with Crippen molar-refractivity contribution in [3.63, 3.8) is 0 Å². The Hall–Kier alpha value is -1.60. The maximum absolute atomic E-state index is 6.00. The Morgan fingerprint density at radius 3 is 2.50 bits per heavy atom. The molecule has 0 aliphatic rings. The molecule has 1 aromatic heterocycles. The molecule has 0 radical (unpaired) electrons. The maximum Gasteiger partial charge on any atom is 0.0661 e. The average molecular weight is 230 g/mol. The van der Waals surface area contributed by atoms with Gasteiger partial charge in [-0.25, -0.2) is 0 Å². The molecular weight excluding hydrogens is 218 g/mol. The Bertz CT molecular complexity index is 500. The molecular formula is C14H12ClN. The predicted octanol–water partition coefficient (Wildman–Crippen LogP) is 4.21. The van der Waals surface area contributed by atoms with E-state index < -0.39 is 0 Å². The summed E-state index contributed by atoms with van der Waals surface area (Å²) in [4.78, 5) is 3.95. The van der Waals surface area contributed by atoms with Crippen molar-refractivity contribution in [3.8, 4) is 0 Å². The molecule has 0 aliphatic heterocycles. The molecule has 0 aliphatic carbocycles. The highest BCUT2D eigenvalue weighted by Crippen LogP contribution is 2.16. The predicted molar refractivity (Wildman–Crippen MR) is 69.4 cm³/mol. The van der Waals surface area contributed by atoms with E-state index >= 15 is 0 Å². The zero-order chi connectivity index (χ0) is 11.4. The van der Waals surface area contributed by atoms with Crippen LogP contribution in [0, 0.1) is 6.92 Å². The lowest BCUT2D eigenvalue weighted by Crippen LogP contribution is -1.77. The van der Waals surface area contributed by atoms with Gasteiger partial charge in [0.2, 0.25) is 0 Å². The number of rotatable bonds is 2. The van der Waals surface area contributed by atoms with Gasteiger partial charge in [0.25, 0.3) is 0 Å². The number of hydrogen-bond donors (Lipinski definition) is 0. The number of aryl methyl sites for hydroxylation is 1. The van der Waals surface area contributed by atoms with Crippen LogP contribution in [0.25, 0.3) is 12.2 Å². The lowest BCUT2D eigenvalue weighted by molar-refractivity contribution is 1.32. The van der Waals surface area contributed by atoms with Crippen LogP contribution in [0.3, 0.4) is 0 Å². The SMILES string of the molecule is Cc1ccc(C=Cc2ccncc2Cl)cc1. The topological polar surface area (TPSA) is 12.9 Å². The second-order valence-corrected chi connectivity index (χ2v) is 4.05. The first-order chi connectivity index (χ1) is 7.75. The summed E-state index contributed by atoms with van der Waals surface area (Å²) >= 11 is 6.00. The first-order valence-corrected chi connectivity index (χ1v) is 5.48. The van der Waals surface area contributed by atoms with Crippen LogP contribution in [0.2, 0.25) is 5.02 Å². The molecule has 0 bridgehead atoms. The monoisotopic (exact) mass is 229 g/mol. The minimum Gasteiger partial charge on any atom is -0.263 e. The molecule has 2 heteroatoms. The van der Waals surface area contributed by atoms with Crippen molar-refractivity contribution in [3.05, 3.63) is 64.4 Å². The summed E-state index contributed by atoms with van der Waals surface area (Å²) < 4.78 is 0. The zero-order valence-electron chi connectivity index (χ0n) is 9.02. The van der Waals surface area contributed by atoms with Gasteiger partial charge in [-0.1, -0.05) is 53.6 Å². The number of halogens is 1. The van der Waals surface area contributed by atoms with Crippen molar-refractivity contribution in [1.82, 2.24) is 4.98 Å². The van der Waals surface area contributed by atoms with Crippen LogP contribution in [0.4, 0.5) is 0 Å². The van der Waals surface area contributed by atoms with E-state index in [9.17, 15) is 0 Å². The van der Waals surface area contributed by atoms with Crippen LogP contribution in [0.1, 0.15) is 16.7 Å². The van der Waals surface area contributed by atoms with Crippen molar-refractivity contribution in [1.29, 1.82) is 0 Å². The fourth-order valence-electron chi connectivity index (χ4n) is 1.38. The summed E-state index contributed by atoms with van der Waals surface area (Å²) in [6.45, 7) is 2.08. The van der Waals surface area contributed by atoms with Gasteiger partial charge in [-0.2, -0.15) is 0 Å². The van der Waals surface area contributed by atoms with Crippen molar-refractivity contribution in [2.45, 2.75) is 6.92 Å². The highest BCUT2D eigenvalue weighted by atomic mass is 35.5. The molecule has 0 saturated carbocycles. The molecule has 0 amide bonds. The number of benzene rings is 1. The minimum atomic E-state index is 0.672. The van der Waals surface area contributed by atoms with E-state index in [1.165, 1.54) is 11.1 Å². The largest absolute Gasteiger partial charge is 0.263 e. The smallest absolute Gasteiger partial charge is 0.0661 e. The van der Waals surface area contributed by atoms with E-state index in [4.69, 9.17) is 11.6 Å². The summed E-state index contributed by atoms with van der Waals surface area (Å²) in [5, 5.41) is 0.672. The van der Waals surface area contributed by atoms with E-state index in [2.05, 4.69) is 36.2 Å². The third-order valence-corrected chi connectivity index (χ3v) is 2.65. The molecule has 0 N–H and O–H groups in total. The first kappa shape index (κ1) is 10.9. The summed E-state index contributed by atoms with van der Waals surface area (Å²) in [5.41, 5.74) is 3.41. The molecule has 1 heterocycles. The highest BCUT2D eigenvalue weighted by molar-refractivity contribution is 6.32. The maximum atomic E-state index is 6.00. The number of aromatic nitrogens is 1. The lowest BCUT2D eigenvalue weighted by Gasteiger charge is -1.97. The van der Waals surface area contributed by atoms with Crippen molar-refractivity contribution in [2.24, 2.45) is 0 Å². The third kappa shape index (κ3) is 2.71. The van der Waals surface area contributed by atoms with Gasteiger partial charge < -0.3 is 0 Å². The second-order valence-electron chi connectivity index (χ2n) is 3.64. The van der Waals surface area contributed by atoms with Gasteiger partial charge in [-0.3, -0.25) is 4.98 Å². The lowest BCUT2D eigenvalue weighted by atomic mass is 10.1. The molecule has 16 heavy (non-hydrogen) atoms. The molecule has 2 rings (SSSR count). The second kappa shape index (κ2) is 4.95. The Morgan fingerprint density at radius 2 is 1.81 bits per heavy atom. The van der Waals surface area contributed by atoms with Gasteiger partial charge in [0.05, 0.1) is 5.02 Å². The van der Waals surface area contributed by atoms with Crippen LogP contribution >= 0.6 is 11.6 Å². The van der Waals surface area contributed by atoms with Gasteiger partial charge in [-0.05, 0) is 24.1 Å². The molecule has 0 unspecified atom stereocenters.